The molecule has 2 nitrogen and oxygen atoms in total. The molecule has 4 rings (SSSR count). The van der Waals surface area contributed by atoms with E-state index in [2.05, 4.69) is 18.8 Å². The van der Waals surface area contributed by atoms with Gasteiger partial charge in [0.25, 0.3) is 0 Å². The monoisotopic (exact) mass is 268 g/mol. The number of hydrogen-bond donors (Lipinski definition) is 1. The molecule has 0 amide bonds. The number of halogens is 1. The number of hydrogen-bond acceptors (Lipinski definition) is 1. The van der Waals surface area contributed by atoms with Gasteiger partial charge < -0.3 is 5.73 Å². The highest BCUT2D eigenvalue weighted by Crippen LogP contribution is 2.69. The van der Waals surface area contributed by atoms with Crippen LogP contribution in [-0.4, -0.2) is 18.3 Å². The van der Waals surface area contributed by atoms with Crippen LogP contribution < -0.4 is 5.73 Å². The highest BCUT2D eigenvalue weighted by Gasteiger charge is 2.59. The van der Waals surface area contributed by atoms with E-state index in [0.717, 1.165) is 12.5 Å². The lowest BCUT2D eigenvalue weighted by Crippen LogP contribution is -2.56. The fraction of sp³-hybridized carbons (Fsp3) is 0.933. The summed E-state index contributed by atoms with van der Waals surface area (Å²) in [5.74, 6) is 1.92. The van der Waals surface area contributed by atoms with Gasteiger partial charge in [-0.15, -0.1) is 11.6 Å². The first kappa shape index (κ1) is 12.8. The van der Waals surface area contributed by atoms with Crippen molar-refractivity contribution in [2.75, 3.05) is 12.4 Å². The van der Waals surface area contributed by atoms with Gasteiger partial charge in [0, 0.05) is 6.54 Å². The molecule has 0 spiro atoms. The molecule has 0 aliphatic heterocycles. The van der Waals surface area contributed by atoms with E-state index in [1.165, 1.54) is 38.5 Å². The summed E-state index contributed by atoms with van der Waals surface area (Å²) in [4.78, 5) is 4.56. The number of nitrogens with zero attached hydrogens (tertiary/aromatic N) is 1. The Morgan fingerprint density at radius 2 is 1.78 bits per heavy atom. The summed E-state index contributed by atoms with van der Waals surface area (Å²) < 4.78 is 0. The van der Waals surface area contributed by atoms with Crippen LogP contribution in [0, 0.1) is 22.2 Å². The molecular formula is C15H25ClN2. The Balaban J connectivity index is 1.85. The van der Waals surface area contributed by atoms with Crippen LogP contribution in [0.2, 0.25) is 0 Å². The van der Waals surface area contributed by atoms with Crippen LogP contribution in [0.5, 0.6) is 0 Å². The highest BCUT2D eigenvalue weighted by atomic mass is 35.5. The minimum atomic E-state index is 0.369. The Hall–Kier alpha value is -0.240. The van der Waals surface area contributed by atoms with Crippen molar-refractivity contribution in [3.05, 3.63) is 0 Å². The van der Waals surface area contributed by atoms with Crippen LogP contribution in [0.4, 0.5) is 0 Å². The third-order valence-electron chi connectivity index (χ3n) is 5.50. The molecule has 4 saturated carbocycles. The maximum absolute atomic E-state index is 5.79. The maximum atomic E-state index is 5.79. The standard InChI is InChI=1S/C15H25ClN2/c1-13-3-11-4-14(2,7-13)9-15(5-11,8-13)10-18-12(17)6-16/h11H,3-10H2,1-2H3,(H2,17,18). The third-order valence-corrected chi connectivity index (χ3v) is 5.77. The van der Waals surface area contributed by atoms with E-state index in [0.29, 0.717) is 28.0 Å². The minimum Gasteiger partial charge on any atom is -0.386 e. The molecule has 4 bridgehead atoms. The largest absolute Gasteiger partial charge is 0.386 e. The summed E-state index contributed by atoms with van der Waals surface area (Å²) in [7, 11) is 0. The van der Waals surface area contributed by atoms with Crippen LogP contribution in [0.3, 0.4) is 0 Å². The Morgan fingerprint density at radius 3 is 2.28 bits per heavy atom. The Morgan fingerprint density at radius 1 is 1.17 bits per heavy atom. The zero-order valence-electron chi connectivity index (χ0n) is 11.6. The molecule has 0 aromatic carbocycles. The fourth-order valence-electron chi connectivity index (χ4n) is 6.17. The average molecular weight is 269 g/mol. The number of rotatable bonds is 3. The zero-order chi connectivity index (χ0) is 13.0. The SMILES string of the molecule is CC12CC3CC(C)(C1)CC(CN=C(N)CCl)(C3)C2. The quantitative estimate of drug-likeness (QED) is 0.474. The van der Waals surface area contributed by atoms with Crippen LogP contribution in [0.25, 0.3) is 0 Å². The summed E-state index contributed by atoms with van der Waals surface area (Å²) in [6.45, 7) is 5.91. The van der Waals surface area contributed by atoms with Crippen molar-refractivity contribution in [1.29, 1.82) is 0 Å². The Bertz CT molecular complexity index is 372. The molecule has 0 heterocycles. The van der Waals surface area contributed by atoms with E-state index < -0.39 is 0 Å². The molecule has 4 aliphatic carbocycles. The normalized spacial score (nSPS) is 50.8. The van der Waals surface area contributed by atoms with Crippen LogP contribution in [0.1, 0.15) is 52.4 Å². The second kappa shape index (κ2) is 3.88. The smallest absolute Gasteiger partial charge is 0.109 e. The van der Waals surface area contributed by atoms with E-state index in [9.17, 15) is 0 Å². The molecule has 0 aromatic heterocycles. The molecule has 0 aromatic rings. The van der Waals surface area contributed by atoms with Gasteiger partial charge in [-0.2, -0.15) is 0 Å². The number of alkyl halides is 1. The molecule has 4 aliphatic rings. The van der Waals surface area contributed by atoms with Crippen LogP contribution in [0.15, 0.2) is 4.99 Å². The van der Waals surface area contributed by atoms with Crippen molar-refractivity contribution in [1.82, 2.24) is 0 Å². The Kier molecular flexibility index (Phi) is 2.75. The molecule has 2 atom stereocenters. The van der Waals surface area contributed by atoms with Crippen molar-refractivity contribution in [2.24, 2.45) is 32.9 Å². The zero-order valence-corrected chi connectivity index (χ0v) is 12.4. The highest BCUT2D eigenvalue weighted by molar-refractivity contribution is 6.27. The van der Waals surface area contributed by atoms with Gasteiger partial charge in [-0.05, 0) is 60.7 Å². The van der Waals surface area contributed by atoms with Crippen molar-refractivity contribution < 1.29 is 0 Å². The number of aliphatic imine (C=N–C) groups is 1. The van der Waals surface area contributed by atoms with Crippen molar-refractivity contribution >= 4 is 17.4 Å². The van der Waals surface area contributed by atoms with Crippen molar-refractivity contribution in [3.63, 3.8) is 0 Å². The van der Waals surface area contributed by atoms with Crippen LogP contribution in [-0.2, 0) is 0 Å². The summed E-state index contributed by atoms with van der Waals surface area (Å²) >= 11 is 5.74. The van der Waals surface area contributed by atoms with E-state index >= 15 is 0 Å². The number of nitrogens with two attached hydrogens (primary N) is 1. The lowest BCUT2D eigenvalue weighted by atomic mass is 9.40. The minimum absolute atomic E-state index is 0.369. The van der Waals surface area contributed by atoms with Crippen molar-refractivity contribution in [2.45, 2.75) is 52.4 Å². The predicted octanol–water partition coefficient (Wildman–Crippen LogP) is 3.58. The molecule has 102 valence electrons. The summed E-state index contributed by atoms with van der Waals surface area (Å²) in [6, 6.07) is 0. The van der Waals surface area contributed by atoms with Crippen molar-refractivity contribution in [3.8, 4) is 0 Å². The molecule has 4 fully saturated rings. The first-order valence-electron chi connectivity index (χ1n) is 7.21. The van der Waals surface area contributed by atoms with E-state index in [-0.39, 0.29) is 0 Å². The molecule has 3 heteroatoms. The number of amidine groups is 1. The first-order valence-corrected chi connectivity index (χ1v) is 7.74. The fourth-order valence-corrected chi connectivity index (χ4v) is 6.26. The predicted molar refractivity (Wildman–Crippen MR) is 77.0 cm³/mol. The molecular weight excluding hydrogens is 244 g/mol. The summed E-state index contributed by atoms with van der Waals surface area (Å²) in [6.07, 6.45) is 8.39. The van der Waals surface area contributed by atoms with Gasteiger partial charge in [0.05, 0.1) is 5.88 Å². The third kappa shape index (κ3) is 2.07. The van der Waals surface area contributed by atoms with E-state index in [4.69, 9.17) is 17.3 Å². The summed E-state index contributed by atoms with van der Waals surface area (Å²) in [5, 5.41) is 0. The second-order valence-electron chi connectivity index (χ2n) is 8.07. The molecule has 18 heavy (non-hydrogen) atoms. The molecule has 2 N–H and O–H groups in total. The van der Waals surface area contributed by atoms with Gasteiger partial charge in [-0.25, -0.2) is 0 Å². The van der Waals surface area contributed by atoms with Gasteiger partial charge in [0.1, 0.15) is 5.84 Å². The molecule has 2 unspecified atom stereocenters. The summed E-state index contributed by atoms with van der Waals surface area (Å²) in [5.41, 5.74) is 7.35. The topological polar surface area (TPSA) is 38.4 Å². The lowest BCUT2D eigenvalue weighted by Gasteiger charge is -2.65. The average Bonchev–Trinajstić information content (AvgIpc) is 2.21. The second-order valence-corrected chi connectivity index (χ2v) is 8.34. The molecule has 0 radical (unpaired) electrons. The van der Waals surface area contributed by atoms with Gasteiger partial charge in [0.15, 0.2) is 0 Å². The molecule has 0 saturated heterocycles. The van der Waals surface area contributed by atoms with E-state index in [1.807, 2.05) is 0 Å². The van der Waals surface area contributed by atoms with Gasteiger partial charge in [0.2, 0.25) is 0 Å². The lowest BCUT2D eigenvalue weighted by molar-refractivity contribution is -0.140. The first-order chi connectivity index (χ1) is 8.36. The van der Waals surface area contributed by atoms with Crippen LogP contribution >= 0.6 is 11.6 Å². The Labute approximate surface area is 115 Å². The van der Waals surface area contributed by atoms with Gasteiger partial charge in [-0.3, -0.25) is 4.99 Å². The van der Waals surface area contributed by atoms with E-state index in [1.54, 1.807) is 0 Å². The van der Waals surface area contributed by atoms with Gasteiger partial charge in [-0.1, -0.05) is 13.8 Å². The van der Waals surface area contributed by atoms with Gasteiger partial charge >= 0.3 is 0 Å². The maximum Gasteiger partial charge on any atom is 0.109 e.